The minimum atomic E-state index is -3.71. The summed E-state index contributed by atoms with van der Waals surface area (Å²) in [6, 6.07) is 18.3. The molecule has 0 aliphatic carbocycles. The predicted molar refractivity (Wildman–Crippen MR) is 124 cm³/mol. The standard InChI is InChI=1S/C23H23ClN2O4S/c1-16-13-20(14-17(2)23(16)24)30-15-22(27)25-18-9-11-21(12-10-18)31(28,29)26(3)19-7-5-4-6-8-19/h4-14H,15H2,1-3H3,(H,25,27). The van der Waals surface area contributed by atoms with Crippen LogP contribution in [0.15, 0.2) is 71.6 Å². The molecule has 1 N–H and O–H groups in total. The molecule has 8 heteroatoms. The van der Waals surface area contributed by atoms with Crippen molar-refractivity contribution in [2.45, 2.75) is 18.7 Å². The van der Waals surface area contributed by atoms with Crippen molar-refractivity contribution in [2.75, 3.05) is 23.3 Å². The summed E-state index contributed by atoms with van der Waals surface area (Å²) in [6.07, 6.45) is 0. The Morgan fingerprint density at radius 3 is 2.16 bits per heavy atom. The van der Waals surface area contributed by atoms with Crippen molar-refractivity contribution in [3.05, 3.63) is 82.9 Å². The number of rotatable bonds is 7. The molecule has 0 unspecified atom stereocenters. The number of para-hydroxylation sites is 1. The second kappa shape index (κ2) is 9.41. The summed E-state index contributed by atoms with van der Waals surface area (Å²) in [7, 11) is -2.21. The molecule has 0 saturated carbocycles. The number of carbonyl (C=O) groups excluding carboxylic acids is 1. The van der Waals surface area contributed by atoms with E-state index in [1.165, 1.54) is 23.5 Å². The number of hydrogen-bond acceptors (Lipinski definition) is 4. The number of sulfonamides is 1. The number of nitrogens with zero attached hydrogens (tertiary/aromatic N) is 1. The zero-order valence-corrected chi connectivity index (χ0v) is 19.0. The van der Waals surface area contributed by atoms with E-state index < -0.39 is 10.0 Å². The third-order valence-corrected chi connectivity index (χ3v) is 7.09. The van der Waals surface area contributed by atoms with E-state index in [-0.39, 0.29) is 17.4 Å². The van der Waals surface area contributed by atoms with Crippen molar-refractivity contribution in [3.8, 4) is 5.75 Å². The molecule has 0 spiro atoms. The minimum absolute atomic E-state index is 0.125. The van der Waals surface area contributed by atoms with Crippen LogP contribution in [0.4, 0.5) is 11.4 Å². The number of amides is 1. The molecule has 3 rings (SSSR count). The molecule has 0 radical (unpaired) electrons. The lowest BCUT2D eigenvalue weighted by Crippen LogP contribution is -2.26. The predicted octanol–water partition coefficient (Wildman–Crippen LogP) is 4.80. The van der Waals surface area contributed by atoms with Gasteiger partial charge >= 0.3 is 0 Å². The van der Waals surface area contributed by atoms with Gasteiger partial charge in [-0.2, -0.15) is 0 Å². The van der Waals surface area contributed by atoms with Crippen molar-refractivity contribution in [3.63, 3.8) is 0 Å². The molecule has 0 fully saturated rings. The highest BCUT2D eigenvalue weighted by Crippen LogP contribution is 2.26. The number of halogens is 1. The molecule has 0 saturated heterocycles. The number of hydrogen-bond donors (Lipinski definition) is 1. The lowest BCUT2D eigenvalue weighted by Gasteiger charge is -2.19. The first-order valence-corrected chi connectivity index (χ1v) is 11.3. The third kappa shape index (κ3) is 5.37. The van der Waals surface area contributed by atoms with E-state index in [2.05, 4.69) is 5.32 Å². The van der Waals surface area contributed by atoms with E-state index in [4.69, 9.17) is 16.3 Å². The molecule has 6 nitrogen and oxygen atoms in total. The number of carbonyl (C=O) groups is 1. The lowest BCUT2D eigenvalue weighted by atomic mass is 10.1. The Morgan fingerprint density at radius 2 is 1.58 bits per heavy atom. The summed E-state index contributed by atoms with van der Waals surface area (Å²) in [6.45, 7) is 3.55. The molecule has 0 aliphatic heterocycles. The first kappa shape index (κ1) is 22.7. The van der Waals surface area contributed by atoms with E-state index in [0.29, 0.717) is 22.1 Å². The summed E-state index contributed by atoms with van der Waals surface area (Å²) < 4.78 is 32.4. The van der Waals surface area contributed by atoms with Crippen molar-refractivity contribution in [1.29, 1.82) is 0 Å². The van der Waals surface area contributed by atoms with E-state index in [0.717, 1.165) is 11.1 Å². The normalized spacial score (nSPS) is 11.1. The topological polar surface area (TPSA) is 75.7 Å². The van der Waals surface area contributed by atoms with Gasteiger partial charge in [-0.05, 0) is 73.5 Å². The molecule has 1 amide bonds. The van der Waals surface area contributed by atoms with Crippen LogP contribution < -0.4 is 14.4 Å². The van der Waals surface area contributed by atoms with Crippen LogP contribution in [0.2, 0.25) is 5.02 Å². The Hall–Kier alpha value is -3.03. The lowest BCUT2D eigenvalue weighted by molar-refractivity contribution is -0.118. The van der Waals surface area contributed by atoms with Crippen LogP contribution in [0.1, 0.15) is 11.1 Å². The summed E-state index contributed by atoms with van der Waals surface area (Å²) >= 11 is 6.14. The van der Waals surface area contributed by atoms with Crippen LogP contribution in [0.5, 0.6) is 5.75 Å². The zero-order chi connectivity index (χ0) is 22.6. The SMILES string of the molecule is Cc1cc(OCC(=O)Nc2ccc(S(=O)(=O)N(C)c3ccccc3)cc2)cc(C)c1Cl. The molecule has 3 aromatic rings. The minimum Gasteiger partial charge on any atom is -0.484 e. The number of benzene rings is 3. The maximum Gasteiger partial charge on any atom is 0.264 e. The maximum absolute atomic E-state index is 12.8. The average molecular weight is 459 g/mol. The Morgan fingerprint density at radius 1 is 1.00 bits per heavy atom. The van der Waals surface area contributed by atoms with Gasteiger partial charge in [0.15, 0.2) is 6.61 Å². The molecular weight excluding hydrogens is 436 g/mol. The fraction of sp³-hybridized carbons (Fsp3) is 0.174. The van der Waals surface area contributed by atoms with Crippen LogP contribution in [0.3, 0.4) is 0 Å². The van der Waals surface area contributed by atoms with Gasteiger partial charge in [0.25, 0.3) is 15.9 Å². The quantitative estimate of drug-likeness (QED) is 0.551. The molecule has 0 aromatic heterocycles. The van der Waals surface area contributed by atoms with E-state index in [1.54, 1.807) is 48.5 Å². The van der Waals surface area contributed by atoms with Crippen molar-refractivity contribution in [1.82, 2.24) is 0 Å². The van der Waals surface area contributed by atoms with Gasteiger partial charge in [-0.1, -0.05) is 29.8 Å². The molecule has 0 bridgehead atoms. The highest BCUT2D eigenvalue weighted by molar-refractivity contribution is 7.92. The smallest absolute Gasteiger partial charge is 0.264 e. The van der Waals surface area contributed by atoms with Gasteiger partial charge in [0.1, 0.15) is 5.75 Å². The van der Waals surface area contributed by atoms with Gasteiger partial charge in [0, 0.05) is 17.8 Å². The highest BCUT2D eigenvalue weighted by atomic mass is 35.5. The molecule has 0 heterocycles. The average Bonchev–Trinajstić information content (AvgIpc) is 2.76. The van der Waals surface area contributed by atoms with E-state index in [9.17, 15) is 13.2 Å². The largest absolute Gasteiger partial charge is 0.484 e. The van der Waals surface area contributed by atoms with Crippen molar-refractivity contribution in [2.24, 2.45) is 0 Å². The maximum atomic E-state index is 12.8. The molecule has 0 atom stereocenters. The van der Waals surface area contributed by atoms with Gasteiger partial charge in [-0.15, -0.1) is 0 Å². The van der Waals surface area contributed by atoms with Crippen molar-refractivity contribution < 1.29 is 17.9 Å². The van der Waals surface area contributed by atoms with Gasteiger partial charge < -0.3 is 10.1 Å². The number of ether oxygens (including phenoxy) is 1. The molecule has 0 aliphatic rings. The summed E-state index contributed by atoms with van der Waals surface area (Å²) in [5, 5.41) is 3.36. The Kier molecular flexibility index (Phi) is 6.87. The van der Waals surface area contributed by atoms with Crippen LogP contribution in [-0.2, 0) is 14.8 Å². The second-order valence-corrected chi connectivity index (χ2v) is 9.39. The fourth-order valence-corrected chi connectivity index (χ4v) is 4.29. The number of aryl methyl sites for hydroxylation is 2. The first-order valence-electron chi connectivity index (χ1n) is 9.52. The first-order chi connectivity index (χ1) is 14.7. The molecule has 3 aromatic carbocycles. The molecule has 162 valence electrons. The molecular formula is C23H23ClN2O4S. The van der Waals surface area contributed by atoms with E-state index in [1.807, 2.05) is 19.9 Å². The summed E-state index contributed by atoms with van der Waals surface area (Å²) in [5.74, 6) is 0.196. The third-order valence-electron chi connectivity index (χ3n) is 4.70. The fourth-order valence-electron chi connectivity index (χ4n) is 2.98. The Labute approximate surface area is 187 Å². The van der Waals surface area contributed by atoms with Crippen LogP contribution in [0, 0.1) is 13.8 Å². The number of anilines is 2. The monoisotopic (exact) mass is 458 g/mol. The van der Waals surface area contributed by atoms with Crippen LogP contribution in [-0.4, -0.2) is 28.0 Å². The van der Waals surface area contributed by atoms with E-state index >= 15 is 0 Å². The van der Waals surface area contributed by atoms with Gasteiger partial charge in [-0.3, -0.25) is 9.10 Å². The summed E-state index contributed by atoms with van der Waals surface area (Å²) in [4.78, 5) is 12.3. The summed E-state index contributed by atoms with van der Waals surface area (Å²) in [5.41, 5.74) is 2.77. The number of nitrogens with one attached hydrogen (secondary N) is 1. The van der Waals surface area contributed by atoms with Crippen LogP contribution >= 0.6 is 11.6 Å². The Balaban J connectivity index is 1.63. The van der Waals surface area contributed by atoms with Gasteiger partial charge in [0.05, 0.1) is 10.6 Å². The second-order valence-electron chi connectivity index (χ2n) is 7.04. The molecule has 31 heavy (non-hydrogen) atoms. The van der Waals surface area contributed by atoms with Crippen molar-refractivity contribution >= 4 is 38.9 Å². The zero-order valence-electron chi connectivity index (χ0n) is 17.4. The highest BCUT2D eigenvalue weighted by Gasteiger charge is 2.21. The van der Waals surface area contributed by atoms with Gasteiger partial charge in [0.2, 0.25) is 0 Å². The van der Waals surface area contributed by atoms with Gasteiger partial charge in [-0.25, -0.2) is 8.42 Å². The Bertz CT molecular complexity index is 1160. The van der Waals surface area contributed by atoms with Crippen LogP contribution in [0.25, 0.3) is 0 Å².